The highest BCUT2D eigenvalue weighted by Crippen LogP contribution is 2.46. The summed E-state index contributed by atoms with van der Waals surface area (Å²) < 4.78 is 0. The van der Waals surface area contributed by atoms with Gasteiger partial charge in [-0.3, -0.25) is 4.99 Å². The second-order valence-corrected chi connectivity index (χ2v) is 7.06. The SMILES string of the molecule is CN1/C(=C/C=Nc2ccc3ccccc3c2)C(C)(C)c2ccccc21. The maximum absolute atomic E-state index is 4.65. The zero-order valence-electron chi connectivity index (χ0n) is 14.9. The quantitative estimate of drug-likeness (QED) is 0.539. The van der Waals surface area contributed by atoms with Gasteiger partial charge < -0.3 is 4.90 Å². The lowest BCUT2D eigenvalue weighted by atomic mass is 9.84. The molecular weight excluding hydrogens is 304 g/mol. The monoisotopic (exact) mass is 326 g/mol. The standard InChI is InChI=1S/C23H22N2/c1-23(2)20-10-6-7-11-21(20)25(3)22(23)14-15-24-19-13-12-17-8-4-5-9-18(17)16-19/h4-16H,1-3H3/b22-14+,24-15?. The third-order valence-corrected chi connectivity index (χ3v) is 5.13. The van der Waals surface area contributed by atoms with Crippen LogP contribution in [-0.2, 0) is 5.41 Å². The Morgan fingerprint density at radius 2 is 1.60 bits per heavy atom. The normalized spacial score (nSPS) is 17.6. The number of likely N-dealkylation sites (N-methyl/N-ethyl adjacent to an activating group) is 1. The van der Waals surface area contributed by atoms with Crippen molar-refractivity contribution >= 4 is 28.4 Å². The van der Waals surface area contributed by atoms with Crippen molar-refractivity contribution in [2.75, 3.05) is 11.9 Å². The largest absolute Gasteiger partial charge is 0.347 e. The van der Waals surface area contributed by atoms with Crippen molar-refractivity contribution in [3.8, 4) is 0 Å². The smallest absolute Gasteiger partial charge is 0.0636 e. The molecule has 0 saturated heterocycles. The van der Waals surface area contributed by atoms with Gasteiger partial charge in [0.1, 0.15) is 0 Å². The first kappa shape index (κ1) is 15.6. The molecule has 0 aromatic heterocycles. The fraction of sp³-hybridized carbons (Fsp3) is 0.174. The van der Waals surface area contributed by atoms with E-state index in [1.165, 1.54) is 27.7 Å². The summed E-state index contributed by atoms with van der Waals surface area (Å²) in [6, 6.07) is 23.3. The molecule has 2 nitrogen and oxygen atoms in total. The molecule has 0 atom stereocenters. The van der Waals surface area contributed by atoms with Gasteiger partial charge in [-0.25, -0.2) is 0 Å². The molecule has 0 fully saturated rings. The van der Waals surface area contributed by atoms with Gasteiger partial charge in [0.25, 0.3) is 0 Å². The molecule has 4 rings (SSSR count). The van der Waals surface area contributed by atoms with E-state index in [1.54, 1.807) is 0 Å². The zero-order valence-corrected chi connectivity index (χ0v) is 14.9. The van der Waals surface area contributed by atoms with Gasteiger partial charge in [0.15, 0.2) is 0 Å². The van der Waals surface area contributed by atoms with E-state index >= 15 is 0 Å². The molecule has 3 aromatic rings. The van der Waals surface area contributed by atoms with Crippen LogP contribution in [0.3, 0.4) is 0 Å². The topological polar surface area (TPSA) is 15.6 Å². The summed E-state index contributed by atoms with van der Waals surface area (Å²) in [7, 11) is 2.13. The maximum atomic E-state index is 4.65. The van der Waals surface area contributed by atoms with Crippen molar-refractivity contribution in [3.05, 3.63) is 84.1 Å². The first-order valence-corrected chi connectivity index (χ1v) is 8.64. The van der Waals surface area contributed by atoms with E-state index in [1.807, 2.05) is 6.21 Å². The van der Waals surface area contributed by atoms with Crippen molar-refractivity contribution in [1.82, 2.24) is 0 Å². The van der Waals surface area contributed by atoms with Gasteiger partial charge in [0, 0.05) is 30.1 Å². The summed E-state index contributed by atoms with van der Waals surface area (Å²) in [6.07, 6.45) is 4.05. The summed E-state index contributed by atoms with van der Waals surface area (Å²) in [4.78, 5) is 6.92. The Hall–Kier alpha value is -2.87. The minimum Gasteiger partial charge on any atom is -0.347 e. The summed E-state index contributed by atoms with van der Waals surface area (Å²) in [5, 5.41) is 2.46. The second-order valence-electron chi connectivity index (χ2n) is 7.06. The predicted octanol–water partition coefficient (Wildman–Crippen LogP) is 5.85. The van der Waals surface area contributed by atoms with E-state index in [0.717, 1.165) is 5.69 Å². The van der Waals surface area contributed by atoms with Gasteiger partial charge in [-0.15, -0.1) is 0 Å². The number of fused-ring (bicyclic) bond motifs is 2. The molecule has 124 valence electrons. The molecule has 0 spiro atoms. The second kappa shape index (κ2) is 5.89. The number of allylic oxidation sites excluding steroid dienone is 2. The molecule has 0 N–H and O–H groups in total. The first-order chi connectivity index (χ1) is 12.1. The molecule has 0 saturated carbocycles. The summed E-state index contributed by atoms with van der Waals surface area (Å²) >= 11 is 0. The average molecular weight is 326 g/mol. The molecule has 1 aliphatic rings. The van der Waals surface area contributed by atoms with Crippen molar-refractivity contribution < 1.29 is 0 Å². The van der Waals surface area contributed by atoms with E-state index < -0.39 is 0 Å². The van der Waals surface area contributed by atoms with E-state index in [4.69, 9.17) is 0 Å². The predicted molar refractivity (Wildman–Crippen MR) is 108 cm³/mol. The average Bonchev–Trinajstić information content (AvgIpc) is 2.82. The van der Waals surface area contributed by atoms with Gasteiger partial charge in [0.2, 0.25) is 0 Å². The van der Waals surface area contributed by atoms with Gasteiger partial charge in [0.05, 0.1) is 5.69 Å². The van der Waals surface area contributed by atoms with E-state index in [-0.39, 0.29) is 5.41 Å². The Morgan fingerprint density at radius 3 is 2.40 bits per heavy atom. The Bertz CT molecular complexity index is 996. The highest BCUT2D eigenvalue weighted by Gasteiger charge is 2.37. The van der Waals surface area contributed by atoms with Crippen molar-refractivity contribution in [3.63, 3.8) is 0 Å². The number of aliphatic imine (C=N–C) groups is 1. The van der Waals surface area contributed by atoms with Crippen LogP contribution < -0.4 is 4.90 Å². The number of rotatable bonds is 2. The number of para-hydroxylation sites is 1. The number of hydrogen-bond donors (Lipinski definition) is 0. The summed E-state index contributed by atoms with van der Waals surface area (Å²) in [5.74, 6) is 0. The minimum atomic E-state index is -0.0131. The minimum absolute atomic E-state index is 0.0131. The molecule has 0 radical (unpaired) electrons. The van der Waals surface area contributed by atoms with Crippen LogP contribution in [0.1, 0.15) is 19.4 Å². The number of hydrogen-bond acceptors (Lipinski definition) is 2. The van der Waals surface area contributed by atoms with Crippen LogP contribution in [0, 0.1) is 0 Å². The van der Waals surface area contributed by atoms with Gasteiger partial charge >= 0.3 is 0 Å². The molecular formula is C23H22N2. The third-order valence-electron chi connectivity index (χ3n) is 5.13. The van der Waals surface area contributed by atoms with Crippen LogP contribution in [0.15, 0.2) is 83.5 Å². The number of benzene rings is 3. The van der Waals surface area contributed by atoms with Gasteiger partial charge in [-0.2, -0.15) is 0 Å². The van der Waals surface area contributed by atoms with Crippen molar-refractivity contribution in [2.45, 2.75) is 19.3 Å². The molecule has 2 heteroatoms. The molecule has 0 aliphatic carbocycles. The Labute approximate surface area is 149 Å². The van der Waals surface area contributed by atoms with E-state index in [0.29, 0.717) is 0 Å². The van der Waals surface area contributed by atoms with Crippen molar-refractivity contribution in [1.29, 1.82) is 0 Å². The van der Waals surface area contributed by atoms with E-state index in [9.17, 15) is 0 Å². The van der Waals surface area contributed by atoms with Gasteiger partial charge in [-0.1, -0.05) is 62.4 Å². The lowest BCUT2D eigenvalue weighted by Gasteiger charge is -2.23. The summed E-state index contributed by atoms with van der Waals surface area (Å²) in [5.41, 5.74) is 4.87. The lowest BCUT2D eigenvalue weighted by molar-refractivity contribution is 0.641. The molecule has 0 bridgehead atoms. The fourth-order valence-electron chi connectivity index (χ4n) is 3.75. The molecule has 0 unspecified atom stereocenters. The molecule has 3 aromatic carbocycles. The van der Waals surface area contributed by atoms with Crippen LogP contribution in [0.2, 0.25) is 0 Å². The first-order valence-electron chi connectivity index (χ1n) is 8.64. The summed E-state index contributed by atoms with van der Waals surface area (Å²) in [6.45, 7) is 4.54. The van der Waals surface area contributed by atoms with Crippen LogP contribution in [-0.4, -0.2) is 13.3 Å². The number of anilines is 1. The maximum Gasteiger partial charge on any atom is 0.0636 e. The highest BCUT2D eigenvalue weighted by molar-refractivity contribution is 5.87. The van der Waals surface area contributed by atoms with Crippen LogP contribution >= 0.6 is 0 Å². The highest BCUT2D eigenvalue weighted by atomic mass is 15.2. The Balaban J connectivity index is 1.66. The molecule has 0 amide bonds. The van der Waals surface area contributed by atoms with Crippen molar-refractivity contribution in [2.24, 2.45) is 4.99 Å². The molecule has 25 heavy (non-hydrogen) atoms. The fourth-order valence-corrected chi connectivity index (χ4v) is 3.75. The third kappa shape index (κ3) is 2.64. The van der Waals surface area contributed by atoms with Crippen LogP contribution in [0.4, 0.5) is 11.4 Å². The molecule has 1 heterocycles. The van der Waals surface area contributed by atoms with Gasteiger partial charge in [-0.05, 0) is 40.6 Å². The Morgan fingerprint density at radius 1 is 0.880 bits per heavy atom. The zero-order chi connectivity index (χ0) is 17.4. The number of nitrogens with zero attached hydrogens (tertiary/aromatic N) is 2. The van der Waals surface area contributed by atoms with Crippen LogP contribution in [0.5, 0.6) is 0 Å². The Kier molecular flexibility index (Phi) is 3.69. The lowest BCUT2D eigenvalue weighted by Crippen LogP contribution is -2.22. The molecule has 1 aliphatic heterocycles. The van der Waals surface area contributed by atoms with E-state index in [2.05, 4.69) is 104 Å². The van der Waals surface area contributed by atoms with Crippen LogP contribution in [0.25, 0.3) is 10.8 Å².